The van der Waals surface area contributed by atoms with Crippen molar-refractivity contribution >= 4 is 11.6 Å². The molecule has 0 bridgehead atoms. The third-order valence-corrected chi connectivity index (χ3v) is 4.15. The van der Waals surface area contributed by atoms with E-state index in [1.165, 1.54) is 0 Å². The Morgan fingerprint density at radius 2 is 1.67 bits per heavy atom. The summed E-state index contributed by atoms with van der Waals surface area (Å²) in [4.78, 5) is 12.6. The van der Waals surface area contributed by atoms with Gasteiger partial charge in [0, 0.05) is 5.02 Å². The molecule has 1 heterocycles. The summed E-state index contributed by atoms with van der Waals surface area (Å²) in [7, 11) is 0. The van der Waals surface area contributed by atoms with Gasteiger partial charge in [0.1, 0.15) is 11.6 Å². The van der Waals surface area contributed by atoms with Crippen LogP contribution in [-0.4, -0.2) is 4.57 Å². The Kier molecular flexibility index (Phi) is 4.50. The number of hydrogen-bond donors (Lipinski definition) is 0. The fourth-order valence-electron chi connectivity index (χ4n) is 2.57. The van der Waals surface area contributed by atoms with E-state index < -0.39 is 0 Å². The molecule has 3 rings (SSSR count). The predicted molar refractivity (Wildman–Crippen MR) is 96.1 cm³/mol. The molecular formula is C20H15ClN2O. The lowest BCUT2D eigenvalue weighted by Gasteiger charge is -2.14. The Morgan fingerprint density at radius 3 is 2.29 bits per heavy atom. The Balaban J connectivity index is 2.14. The zero-order chi connectivity index (χ0) is 17.1. The Bertz CT molecular complexity index is 965. The zero-order valence-electron chi connectivity index (χ0n) is 13.2. The van der Waals surface area contributed by atoms with E-state index in [-0.39, 0.29) is 11.1 Å². The molecule has 0 aliphatic rings. The van der Waals surface area contributed by atoms with Crippen molar-refractivity contribution in [3.8, 4) is 17.3 Å². The lowest BCUT2D eigenvalue weighted by Crippen LogP contribution is -2.24. The summed E-state index contributed by atoms with van der Waals surface area (Å²) >= 11 is 5.95. The molecule has 0 aliphatic carbocycles. The van der Waals surface area contributed by atoms with Crippen molar-refractivity contribution in [1.82, 2.24) is 4.57 Å². The fraction of sp³-hybridized carbons (Fsp3) is 0.100. The van der Waals surface area contributed by atoms with Crippen LogP contribution in [0.25, 0.3) is 11.3 Å². The molecule has 0 unspecified atom stereocenters. The van der Waals surface area contributed by atoms with Gasteiger partial charge in [-0.15, -0.1) is 0 Å². The normalized spacial score (nSPS) is 10.4. The van der Waals surface area contributed by atoms with Crippen LogP contribution in [0.3, 0.4) is 0 Å². The molecular weight excluding hydrogens is 320 g/mol. The third-order valence-electron chi connectivity index (χ3n) is 3.90. The van der Waals surface area contributed by atoms with Crippen molar-refractivity contribution in [3.05, 3.63) is 92.7 Å². The van der Waals surface area contributed by atoms with Gasteiger partial charge in [0.2, 0.25) is 0 Å². The van der Waals surface area contributed by atoms with Crippen LogP contribution in [0.15, 0.2) is 65.5 Å². The van der Waals surface area contributed by atoms with Gasteiger partial charge in [0.05, 0.1) is 12.2 Å². The third kappa shape index (κ3) is 3.24. The second-order valence-electron chi connectivity index (χ2n) is 5.63. The van der Waals surface area contributed by atoms with Gasteiger partial charge in [0.25, 0.3) is 5.56 Å². The van der Waals surface area contributed by atoms with Gasteiger partial charge in [0.15, 0.2) is 0 Å². The number of benzene rings is 2. The topological polar surface area (TPSA) is 45.8 Å². The van der Waals surface area contributed by atoms with Crippen LogP contribution in [0.2, 0.25) is 5.02 Å². The van der Waals surface area contributed by atoms with E-state index >= 15 is 0 Å². The van der Waals surface area contributed by atoms with Gasteiger partial charge in [-0.1, -0.05) is 53.6 Å². The first-order chi connectivity index (χ1) is 11.6. The van der Waals surface area contributed by atoms with Gasteiger partial charge in [-0.05, 0) is 42.3 Å². The highest BCUT2D eigenvalue weighted by molar-refractivity contribution is 6.30. The van der Waals surface area contributed by atoms with E-state index in [0.29, 0.717) is 11.6 Å². The van der Waals surface area contributed by atoms with Crippen molar-refractivity contribution in [2.75, 3.05) is 0 Å². The fourth-order valence-corrected chi connectivity index (χ4v) is 2.70. The minimum Gasteiger partial charge on any atom is -0.303 e. The summed E-state index contributed by atoms with van der Waals surface area (Å²) in [5.41, 5.74) is 3.66. The molecule has 0 aliphatic heterocycles. The highest BCUT2D eigenvalue weighted by Gasteiger charge is 2.11. The molecule has 0 saturated carbocycles. The number of aryl methyl sites for hydroxylation is 1. The maximum atomic E-state index is 12.6. The van der Waals surface area contributed by atoms with Crippen LogP contribution in [0.5, 0.6) is 0 Å². The molecule has 118 valence electrons. The lowest BCUT2D eigenvalue weighted by atomic mass is 10.1. The molecule has 0 spiro atoms. The summed E-state index contributed by atoms with van der Waals surface area (Å²) in [6, 6.07) is 20.7. The van der Waals surface area contributed by atoms with E-state index in [2.05, 4.69) is 0 Å². The van der Waals surface area contributed by atoms with Crippen molar-refractivity contribution in [3.63, 3.8) is 0 Å². The summed E-state index contributed by atoms with van der Waals surface area (Å²) in [6.07, 6.45) is 0. The average molecular weight is 335 g/mol. The van der Waals surface area contributed by atoms with Gasteiger partial charge < -0.3 is 4.57 Å². The first-order valence-corrected chi connectivity index (χ1v) is 7.92. The van der Waals surface area contributed by atoms with E-state index in [1.807, 2.05) is 49.4 Å². The van der Waals surface area contributed by atoms with Gasteiger partial charge in [-0.25, -0.2) is 0 Å². The Hall–Kier alpha value is -2.83. The van der Waals surface area contributed by atoms with E-state index in [0.717, 1.165) is 22.4 Å². The average Bonchev–Trinajstić information content (AvgIpc) is 2.59. The first-order valence-electron chi connectivity index (χ1n) is 7.54. The van der Waals surface area contributed by atoms with Crippen molar-refractivity contribution in [1.29, 1.82) is 5.26 Å². The molecule has 0 N–H and O–H groups in total. The van der Waals surface area contributed by atoms with Crippen molar-refractivity contribution in [2.45, 2.75) is 13.5 Å². The predicted octanol–water partition coefficient (Wildman–Crippen LogP) is 4.40. The lowest BCUT2D eigenvalue weighted by molar-refractivity contribution is 0.765. The first kappa shape index (κ1) is 16.0. The second kappa shape index (κ2) is 6.74. The number of hydrogen-bond acceptors (Lipinski definition) is 2. The van der Waals surface area contributed by atoms with Crippen LogP contribution >= 0.6 is 11.6 Å². The van der Waals surface area contributed by atoms with E-state index in [4.69, 9.17) is 16.9 Å². The summed E-state index contributed by atoms with van der Waals surface area (Å²) in [6.45, 7) is 2.43. The van der Waals surface area contributed by atoms with Crippen LogP contribution in [-0.2, 0) is 6.54 Å². The van der Waals surface area contributed by atoms with Gasteiger partial charge in [-0.3, -0.25) is 4.79 Å². The number of rotatable bonds is 3. The minimum atomic E-state index is -0.287. The van der Waals surface area contributed by atoms with Crippen LogP contribution in [0, 0.1) is 18.3 Å². The minimum absolute atomic E-state index is 0.139. The summed E-state index contributed by atoms with van der Waals surface area (Å²) in [5.74, 6) is 0. The number of halogens is 1. The quantitative estimate of drug-likeness (QED) is 0.712. The molecule has 0 radical (unpaired) electrons. The molecule has 4 heteroatoms. The molecule has 24 heavy (non-hydrogen) atoms. The van der Waals surface area contributed by atoms with Gasteiger partial charge >= 0.3 is 0 Å². The maximum Gasteiger partial charge on any atom is 0.269 e. The summed E-state index contributed by atoms with van der Waals surface area (Å²) < 4.78 is 1.63. The molecule has 3 nitrogen and oxygen atoms in total. The van der Waals surface area contributed by atoms with E-state index in [1.54, 1.807) is 28.8 Å². The van der Waals surface area contributed by atoms with Crippen molar-refractivity contribution < 1.29 is 0 Å². The van der Waals surface area contributed by atoms with Crippen LogP contribution in [0.1, 0.15) is 16.7 Å². The maximum absolute atomic E-state index is 12.6. The van der Waals surface area contributed by atoms with Gasteiger partial charge in [-0.2, -0.15) is 5.26 Å². The molecule has 0 saturated heterocycles. The molecule has 1 aromatic heterocycles. The standard InChI is InChI=1S/C20H15ClN2O/c1-14-2-4-15(5-3-14)13-23-19(11-8-17(12-22)20(23)24)16-6-9-18(21)10-7-16/h2-11H,13H2,1H3. The van der Waals surface area contributed by atoms with Crippen LogP contribution in [0.4, 0.5) is 0 Å². The molecule has 3 aromatic rings. The van der Waals surface area contributed by atoms with Crippen molar-refractivity contribution in [2.24, 2.45) is 0 Å². The second-order valence-corrected chi connectivity index (χ2v) is 6.06. The number of pyridine rings is 1. The molecule has 0 fully saturated rings. The molecule has 0 atom stereocenters. The van der Waals surface area contributed by atoms with Crippen LogP contribution < -0.4 is 5.56 Å². The van der Waals surface area contributed by atoms with E-state index in [9.17, 15) is 4.79 Å². The smallest absolute Gasteiger partial charge is 0.269 e. The Labute approximate surface area is 145 Å². The SMILES string of the molecule is Cc1ccc(Cn2c(-c3ccc(Cl)cc3)ccc(C#N)c2=O)cc1. The highest BCUT2D eigenvalue weighted by atomic mass is 35.5. The molecule has 0 amide bonds. The number of aromatic nitrogens is 1. The summed E-state index contributed by atoms with van der Waals surface area (Å²) in [5, 5.41) is 9.80. The highest BCUT2D eigenvalue weighted by Crippen LogP contribution is 2.21. The number of nitrogens with zero attached hydrogens (tertiary/aromatic N) is 2. The monoisotopic (exact) mass is 334 g/mol. The largest absolute Gasteiger partial charge is 0.303 e. The Morgan fingerprint density at radius 1 is 1.00 bits per heavy atom. The molecule has 2 aromatic carbocycles. The zero-order valence-corrected chi connectivity index (χ0v) is 13.9. The number of nitriles is 1.